The van der Waals surface area contributed by atoms with E-state index in [1.807, 2.05) is 13.0 Å². The summed E-state index contributed by atoms with van der Waals surface area (Å²) in [5.74, 6) is -0.402. The molecule has 2 aliphatic rings. The van der Waals surface area contributed by atoms with E-state index < -0.39 is 17.6 Å². The van der Waals surface area contributed by atoms with E-state index in [0.717, 1.165) is 24.0 Å². The van der Waals surface area contributed by atoms with Crippen LogP contribution in [0.4, 0.5) is 0 Å². The molecule has 166 valence electrons. The Kier molecular flexibility index (Phi) is 6.46. The molecule has 1 aromatic heterocycles. The van der Waals surface area contributed by atoms with Crippen LogP contribution in [0.15, 0.2) is 34.7 Å². The summed E-state index contributed by atoms with van der Waals surface area (Å²) >= 11 is 0. The molecule has 1 saturated carbocycles. The minimum absolute atomic E-state index is 0.0815. The van der Waals surface area contributed by atoms with Gasteiger partial charge >= 0.3 is 11.9 Å². The molecule has 0 aliphatic heterocycles. The van der Waals surface area contributed by atoms with Crippen LogP contribution in [0.25, 0.3) is 0 Å². The molecule has 0 amide bonds. The number of furan rings is 1. The molecule has 0 aromatic carbocycles. The van der Waals surface area contributed by atoms with E-state index in [9.17, 15) is 14.7 Å². The van der Waals surface area contributed by atoms with Crippen LogP contribution in [0.2, 0.25) is 0 Å². The average Bonchev–Trinajstić information content (AvgIpc) is 3.19. The molecule has 6 nitrogen and oxygen atoms in total. The van der Waals surface area contributed by atoms with Gasteiger partial charge in [-0.05, 0) is 55.9 Å². The normalized spacial score (nSPS) is 34.5. The minimum Gasteiger partial charge on any atom is -0.472 e. The fourth-order valence-corrected chi connectivity index (χ4v) is 5.92. The molecular formula is C24H34O6. The van der Waals surface area contributed by atoms with Crippen molar-refractivity contribution in [2.24, 2.45) is 22.7 Å². The second-order valence-electron chi connectivity index (χ2n) is 9.35. The lowest BCUT2D eigenvalue weighted by Gasteiger charge is -2.61. The summed E-state index contributed by atoms with van der Waals surface area (Å²) in [6, 6.07) is 1.83. The Morgan fingerprint density at radius 3 is 2.67 bits per heavy atom. The highest BCUT2D eigenvalue weighted by molar-refractivity contribution is 5.66. The minimum atomic E-state index is -0.623. The third-order valence-electron chi connectivity index (χ3n) is 7.72. The molecular weight excluding hydrogens is 384 g/mol. The molecule has 2 aliphatic carbocycles. The predicted octanol–water partition coefficient (Wildman–Crippen LogP) is 4.59. The fourth-order valence-electron chi connectivity index (χ4n) is 5.92. The van der Waals surface area contributed by atoms with E-state index in [2.05, 4.69) is 19.9 Å². The van der Waals surface area contributed by atoms with Crippen LogP contribution in [-0.4, -0.2) is 29.8 Å². The zero-order chi connectivity index (χ0) is 22.1. The summed E-state index contributed by atoms with van der Waals surface area (Å²) in [4.78, 5) is 23.5. The Morgan fingerprint density at radius 1 is 1.33 bits per heavy atom. The first-order valence-electron chi connectivity index (χ1n) is 10.8. The number of esters is 2. The summed E-state index contributed by atoms with van der Waals surface area (Å²) in [6.07, 6.45) is 7.35. The fraction of sp³-hybridized carbons (Fsp3) is 0.667. The van der Waals surface area contributed by atoms with Crippen LogP contribution in [-0.2, 0) is 19.1 Å². The number of carbonyl (C=O) groups is 2. The number of hydrogen-bond acceptors (Lipinski definition) is 6. The molecule has 30 heavy (non-hydrogen) atoms. The van der Waals surface area contributed by atoms with Crippen molar-refractivity contribution in [1.29, 1.82) is 0 Å². The number of ether oxygens (including phenoxy) is 2. The standard InChI is InChI=1S/C24H34O6/c1-15-7-6-8-21-23(5,12-20(30-18(4)26)19-9-10-28-13-19)16(2)11-22(27)24(15,21)14-29-17(3)25/h7,9-10,13,16,20-22,27H,6,8,11-12,14H2,1-5H3. The van der Waals surface area contributed by atoms with E-state index in [1.165, 1.54) is 13.8 Å². The Hall–Kier alpha value is -2.08. The number of allylic oxidation sites excluding steroid dienone is 1. The molecule has 6 unspecified atom stereocenters. The maximum absolute atomic E-state index is 11.8. The molecule has 6 atom stereocenters. The van der Waals surface area contributed by atoms with Gasteiger partial charge in [-0.1, -0.05) is 25.5 Å². The summed E-state index contributed by atoms with van der Waals surface area (Å²) < 4.78 is 16.5. The van der Waals surface area contributed by atoms with Crippen LogP contribution < -0.4 is 0 Å². The smallest absolute Gasteiger partial charge is 0.303 e. The van der Waals surface area contributed by atoms with Gasteiger partial charge in [0.1, 0.15) is 12.7 Å². The van der Waals surface area contributed by atoms with Gasteiger partial charge in [0.2, 0.25) is 0 Å². The average molecular weight is 419 g/mol. The molecule has 0 bridgehead atoms. The van der Waals surface area contributed by atoms with E-state index in [4.69, 9.17) is 13.9 Å². The van der Waals surface area contributed by atoms with Crippen LogP contribution in [0.5, 0.6) is 0 Å². The molecule has 0 radical (unpaired) electrons. The van der Waals surface area contributed by atoms with Crippen molar-refractivity contribution in [2.45, 2.75) is 72.5 Å². The zero-order valence-electron chi connectivity index (χ0n) is 18.6. The second kappa shape index (κ2) is 8.58. The van der Waals surface area contributed by atoms with Crippen LogP contribution in [0.3, 0.4) is 0 Å². The molecule has 6 heteroatoms. The van der Waals surface area contributed by atoms with Gasteiger partial charge < -0.3 is 19.0 Å². The topological polar surface area (TPSA) is 86.0 Å². The third-order valence-corrected chi connectivity index (χ3v) is 7.72. The molecule has 3 rings (SSSR count). The van der Waals surface area contributed by atoms with Gasteiger partial charge in [-0.3, -0.25) is 9.59 Å². The lowest BCUT2D eigenvalue weighted by atomic mass is 9.45. The number of aliphatic hydroxyl groups is 1. The third kappa shape index (κ3) is 3.94. The van der Waals surface area contributed by atoms with E-state index in [1.54, 1.807) is 12.5 Å². The lowest BCUT2D eigenvalue weighted by molar-refractivity contribution is -0.180. The number of aliphatic hydroxyl groups excluding tert-OH is 1. The quantitative estimate of drug-likeness (QED) is 0.537. The van der Waals surface area contributed by atoms with Gasteiger partial charge in [0.05, 0.1) is 24.0 Å². The molecule has 1 N–H and O–H groups in total. The maximum atomic E-state index is 11.8. The van der Waals surface area contributed by atoms with Gasteiger partial charge in [0.15, 0.2) is 0 Å². The lowest BCUT2D eigenvalue weighted by Crippen LogP contribution is -2.60. The van der Waals surface area contributed by atoms with Crippen LogP contribution >= 0.6 is 0 Å². The zero-order valence-corrected chi connectivity index (χ0v) is 18.6. The van der Waals surface area contributed by atoms with Gasteiger partial charge in [0.25, 0.3) is 0 Å². The Bertz CT molecular complexity index is 797. The van der Waals surface area contributed by atoms with Gasteiger partial charge in [-0.2, -0.15) is 0 Å². The molecule has 0 spiro atoms. The monoisotopic (exact) mass is 418 g/mol. The SMILES string of the molecule is CC(=O)OCC12C(C)=CCCC1C(C)(CC(OC(C)=O)c1ccoc1)C(C)CC2O. The molecule has 1 fully saturated rings. The highest BCUT2D eigenvalue weighted by Crippen LogP contribution is 2.63. The highest BCUT2D eigenvalue weighted by atomic mass is 16.5. The van der Waals surface area contributed by atoms with Gasteiger partial charge in [-0.25, -0.2) is 0 Å². The first-order chi connectivity index (χ1) is 14.1. The van der Waals surface area contributed by atoms with Crippen molar-refractivity contribution >= 4 is 11.9 Å². The molecule has 1 heterocycles. The largest absolute Gasteiger partial charge is 0.472 e. The number of fused-ring (bicyclic) bond motifs is 1. The first kappa shape index (κ1) is 22.6. The summed E-state index contributed by atoms with van der Waals surface area (Å²) in [6.45, 7) is 9.42. The van der Waals surface area contributed by atoms with Crippen molar-refractivity contribution in [2.75, 3.05) is 6.61 Å². The van der Waals surface area contributed by atoms with Gasteiger partial charge in [-0.15, -0.1) is 0 Å². The predicted molar refractivity (Wildman–Crippen MR) is 111 cm³/mol. The van der Waals surface area contributed by atoms with Crippen molar-refractivity contribution < 1.29 is 28.6 Å². The number of hydrogen-bond donors (Lipinski definition) is 1. The number of carbonyl (C=O) groups excluding carboxylic acids is 2. The Morgan fingerprint density at radius 2 is 2.07 bits per heavy atom. The van der Waals surface area contributed by atoms with Crippen LogP contribution in [0.1, 0.15) is 72.0 Å². The highest BCUT2D eigenvalue weighted by Gasteiger charge is 2.60. The summed E-state index contributed by atoms with van der Waals surface area (Å²) in [5, 5.41) is 11.3. The van der Waals surface area contributed by atoms with E-state index in [-0.39, 0.29) is 35.8 Å². The van der Waals surface area contributed by atoms with Crippen molar-refractivity contribution in [3.8, 4) is 0 Å². The summed E-state index contributed by atoms with van der Waals surface area (Å²) in [7, 11) is 0. The summed E-state index contributed by atoms with van der Waals surface area (Å²) in [5.41, 5.74) is 1.05. The van der Waals surface area contributed by atoms with Crippen molar-refractivity contribution in [1.82, 2.24) is 0 Å². The second-order valence-corrected chi connectivity index (χ2v) is 9.35. The maximum Gasteiger partial charge on any atom is 0.303 e. The van der Waals surface area contributed by atoms with E-state index in [0.29, 0.717) is 12.8 Å². The van der Waals surface area contributed by atoms with Crippen molar-refractivity contribution in [3.63, 3.8) is 0 Å². The Labute approximate surface area is 178 Å². The Balaban J connectivity index is 2.02. The number of rotatable bonds is 6. The van der Waals surface area contributed by atoms with E-state index >= 15 is 0 Å². The molecule has 0 saturated heterocycles. The van der Waals surface area contributed by atoms with Gasteiger partial charge in [0, 0.05) is 19.4 Å². The molecule has 1 aromatic rings. The first-order valence-corrected chi connectivity index (χ1v) is 10.8. The van der Waals surface area contributed by atoms with Crippen LogP contribution in [0, 0.1) is 22.7 Å². The van der Waals surface area contributed by atoms with Crippen molar-refractivity contribution in [3.05, 3.63) is 35.8 Å².